The molecule has 1 aliphatic carbocycles. The Hall–Kier alpha value is -0.610. The molecule has 0 bridgehead atoms. The van der Waals surface area contributed by atoms with Crippen LogP contribution >= 0.6 is 0 Å². The van der Waals surface area contributed by atoms with Gasteiger partial charge in [-0.2, -0.15) is 0 Å². The first kappa shape index (κ1) is 13.8. The molecule has 1 saturated heterocycles. The zero-order valence-electron chi connectivity index (χ0n) is 11.9. The van der Waals surface area contributed by atoms with Gasteiger partial charge in [-0.15, -0.1) is 0 Å². The summed E-state index contributed by atoms with van der Waals surface area (Å²) in [6.45, 7) is 8.40. The highest BCUT2D eigenvalue weighted by atomic mass is 16.5. The third kappa shape index (κ3) is 2.69. The highest BCUT2D eigenvalue weighted by molar-refractivity contribution is 5.82. The molecule has 0 aromatic carbocycles. The van der Waals surface area contributed by atoms with Gasteiger partial charge < -0.3 is 10.1 Å². The Balaban J connectivity index is 2.07. The smallest absolute Gasteiger partial charge is 0.327 e. The summed E-state index contributed by atoms with van der Waals surface area (Å²) >= 11 is 0. The lowest BCUT2D eigenvalue weighted by atomic mass is 9.96. The van der Waals surface area contributed by atoms with Crippen LogP contribution in [-0.4, -0.2) is 48.2 Å². The molecule has 0 spiro atoms. The molecule has 1 heterocycles. The summed E-state index contributed by atoms with van der Waals surface area (Å²) in [5.74, 6) is -0.0616. The van der Waals surface area contributed by atoms with E-state index in [4.69, 9.17) is 4.74 Å². The van der Waals surface area contributed by atoms with E-state index < -0.39 is 5.54 Å². The first-order valence-corrected chi connectivity index (χ1v) is 7.31. The molecule has 18 heavy (non-hydrogen) atoms. The number of esters is 1. The van der Waals surface area contributed by atoms with Gasteiger partial charge >= 0.3 is 5.97 Å². The van der Waals surface area contributed by atoms with Crippen LogP contribution in [0.15, 0.2) is 0 Å². The van der Waals surface area contributed by atoms with Gasteiger partial charge in [-0.3, -0.25) is 4.90 Å². The monoisotopic (exact) mass is 254 g/mol. The van der Waals surface area contributed by atoms with Crippen molar-refractivity contribution in [3.63, 3.8) is 0 Å². The Kier molecular flexibility index (Phi) is 4.28. The fourth-order valence-electron chi connectivity index (χ4n) is 3.03. The first-order chi connectivity index (χ1) is 8.63. The third-order valence-electron chi connectivity index (χ3n) is 4.06. The number of hydrogen-bond donors (Lipinski definition) is 1. The maximum absolute atomic E-state index is 12.3. The SMILES string of the molecule is CCCNC1(C(=O)OCC)CC(C)N(C2CC2)C1. The molecule has 2 unspecified atom stereocenters. The Morgan fingerprint density at radius 1 is 1.44 bits per heavy atom. The minimum atomic E-state index is -0.464. The summed E-state index contributed by atoms with van der Waals surface area (Å²) in [6, 6.07) is 1.19. The van der Waals surface area contributed by atoms with Crippen molar-refractivity contribution in [3.8, 4) is 0 Å². The zero-order valence-corrected chi connectivity index (χ0v) is 11.9. The molecule has 104 valence electrons. The molecule has 1 saturated carbocycles. The first-order valence-electron chi connectivity index (χ1n) is 7.31. The number of rotatable bonds is 6. The quantitative estimate of drug-likeness (QED) is 0.730. The van der Waals surface area contributed by atoms with Gasteiger partial charge in [0.05, 0.1) is 6.61 Å². The summed E-state index contributed by atoms with van der Waals surface area (Å²) in [7, 11) is 0. The number of hydrogen-bond acceptors (Lipinski definition) is 4. The molecule has 0 aromatic rings. The fraction of sp³-hybridized carbons (Fsp3) is 0.929. The maximum Gasteiger partial charge on any atom is 0.327 e. The normalized spacial score (nSPS) is 32.7. The van der Waals surface area contributed by atoms with E-state index >= 15 is 0 Å². The average Bonchev–Trinajstić information content (AvgIpc) is 3.12. The van der Waals surface area contributed by atoms with Gasteiger partial charge in [0.2, 0.25) is 0 Å². The second-order valence-corrected chi connectivity index (χ2v) is 5.69. The lowest BCUT2D eigenvalue weighted by molar-refractivity contribution is -0.150. The molecule has 2 fully saturated rings. The Morgan fingerprint density at radius 3 is 2.72 bits per heavy atom. The second kappa shape index (κ2) is 5.57. The van der Waals surface area contributed by atoms with Crippen molar-refractivity contribution in [2.24, 2.45) is 0 Å². The predicted molar refractivity (Wildman–Crippen MR) is 71.5 cm³/mol. The molecular formula is C14H26N2O2. The van der Waals surface area contributed by atoms with Gasteiger partial charge in [0.1, 0.15) is 5.54 Å². The van der Waals surface area contributed by atoms with Gasteiger partial charge in [-0.25, -0.2) is 4.79 Å². The molecule has 4 nitrogen and oxygen atoms in total. The van der Waals surface area contributed by atoms with Gasteiger partial charge in [0.25, 0.3) is 0 Å². The fourth-order valence-corrected chi connectivity index (χ4v) is 3.03. The summed E-state index contributed by atoms with van der Waals surface area (Å²) < 4.78 is 5.29. The molecule has 2 aliphatic rings. The lowest BCUT2D eigenvalue weighted by Gasteiger charge is -2.28. The Labute approximate surface area is 110 Å². The van der Waals surface area contributed by atoms with Crippen molar-refractivity contribution in [1.82, 2.24) is 10.2 Å². The van der Waals surface area contributed by atoms with E-state index in [1.165, 1.54) is 12.8 Å². The number of ether oxygens (including phenoxy) is 1. The van der Waals surface area contributed by atoms with Gasteiger partial charge in [0, 0.05) is 18.6 Å². The highest BCUT2D eigenvalue weighted by Gasteiger charge is 2.51. The van der Waals surface area contributed by atoms with E-state index in [0.29, 0.717) is 18.7 Å². The van der Waals surface area contributed by atoms with Crippen molar-refractivity contribution < 1.29 is 9.53 Å². The molecule has 0 amide bonds. The van der Waals surface area contributed by atoms with Crippen LogP contribution in [0.2, 0.25) is 0 Å². The highest BCUT2D eigenvalue weighted by Crippen LogP contribution is 2.37. The van der Waals surface area contributed by atoms with Crippen LogP contribution in [0.3, 0.4) is 0 Å². The van der Waals surface area contributed by atoms with E-state index in [9.17, 15) is 4.79 Å². The zero-order chi connectivity index (χ0) is 13.2. The minimum absolute atomic E-state index is 0.0616. The largest absolute Gasteiger partial charge is 0.465 e. The molecular weight excluding hydrogens is 228 g/mol. The van der Waals surface area contributed by atoms with Gasteiger partial charge in [0.15, 0.2) is 0 Å². The van der Waals surface area contributed by atoms with Crippen LogP contribution < -0.4 is 5.32 Å². The molecule has 0 radical (unpaired) electrons. The van der Waals surface area contributed by atoms with Gasteiger partial charge in [-0.1, -0.05) is 6.92 Å². The molecule has 1 N–H and O–H groups in total. The van der Waals surface area contributed by atoms with Gasteiger partial charge in [-0.05, 0) is 46.1 Å². The van der Waals surface area contributed by atoms with Crippen molar-refractivity contribution in [3.05, 3.63) is 0 Å². The Bertz CT molecular complexity index is 304. The standard InChI is InChI=1S/C14H26N2O2/c1-4-8-15-14(13(17)18-5-2)9-11(3)16(10-14)12-6-7-12/h11-12,15H,4-10H2,1-3H3. The number of nitrogens with zero attached hydrogens (tertiary/aromatic N) is 1. The Morgan fingerprint density at radius 2 is 2.17 bits per heavy atom. The number of carbonyl (C=O) groups is 1. The molecule has 0 aromatic heterocycles. The molecule has 2 rings (SSSR count). The minimum Gasteiger partial charge on any atom is -0.465 e. The van der Waals surface area contributed by atoms with Crippen LogP contribution in [0.5, 0.6) is 0 Å². The summed E-state index contributed by atoms with van der Waals surface area (Å²) in [5, 5.41) is 3.46. The average molecular weight is 254 g/mol. The second-order valence-electron chi connectivity index (χ2n) is 5.69. The van der Waals surface area contributed by atoms with Crippen molar-refractivity contribution in [2.75, 3.05) is 19.7 Å². The van der Waals surface area contributed by atoms with E-state index in [1.807, 2.05) is 6.92 Å². The maximum atomic E-state index is 12.3. The lowest BCUT2D eigenvalue weighted by Crippen LogP contribution is -2.55. The van der Waals surface area contributed by atoms with E-state index in [-0.39, 0.29) is 5.97 Å². The topological polar surface area (TPSA) is 41.6 Å². The molecule has 2 atom stereocenters. The van der Waals surface area contributed by atoms with Crippen LogP contribution in [0.1, 0.15) is 46.5 Å². The summed E-state index contributed by atoms with van der Waals surface area (Å²) in [5.41, 5.74) is -0.464. The van der Waals surface area contributed by atoms with Crippen LogP contribution in [0, 0.1) is 0 Å². The van der Waals surface area contributed by atoms with Crippen molar-refractivity contribution in [2.45, 2.75) is 64.1 Å². The van der Waals surface area contributed by atoms with Crippen molar-refractivity contribution >= 4 is 5.97 Å². The predicted octanol–water partition coefficient (Wildman–Crippen LogP) is 1.54. The van der Waals surface area contributed by atoms with Crippen LogP contribution in [0.4, 0.5) is 0 Å². The third-order valence-corrected chi connectivity index (χ3v) is 4.06. The van der Waals surface area contributed by atoms with E-state index in [0.717, 1.165) is 25.9 Å². The van der Waals surface area contributed by atoms with Crippen molar-refractivity contribution in [1.29, 1.82) is 0 Å². The van der Waals surface area contributed by atoms with E-state index in [2.05, 4.69) is 24.1 Å². The number of likely N-dealkylation sites (tertiary alicyclic amines) is 1. The van der Waals surface area contributed by atoms with Crippen LogP contribution in [0.25, 0.3) is 0 Å². The molecule has 1 aliphatic heterocycles. The van der Waals surface area contributed by atoms with Crippen LogP contribution in [-0.2, 0) is 9.53 Å². The number of nitrogens with one attached hydrogen (secondary N) is 1. The summed E-state index contributed by atoms with van der Waals surface area (Å²) in [6.07, 6.45) is 4.50. The summed E-state index contributed by atoms with van der Waals surface area (Å²) in [4.78, 5) is 14.8. The van der Waals surface area contributed by atoms with E-state index in [1.54, 1.807) is 0 Å². The molecule has 4 heteroatoms. The number of carbonyl (C=O) groups excluding carboxylic acids is 1.